The van der Waals surface area contributed by atoms with Crippen LogP contribution < -0.4 is 16.2 Å². The highest BCUT2D eigenvalue weighted by atomic mass is 32.1. The van der Waals surface area contributed by atoms with Gasteiger partial charge in [-0.3, -0.25) is 15.4 Å². The zero-order chi connectivity index (χ0) is 23.0. The number of hydrogen-bond donors (Lipinski definition) is 3. The van der Waals surface area contributed by atoms with Crippen LogP contribution in [0.5, 0.6) is 0 Å². The van der Waals surface area contributed by atoms with E-state index in [4.69, 9.17) is 0 Å². The second-order valence-electron chi connectivity index (χ2n) is 7.05. The van der Waals surface area contributed by atoms with E-state index >= 15 is 0 Å². The lowest BCUT2D eigenvalue weighted by Gasteiger charge is -2.09. The number of rotatable bonds is 4. The fourth-order valence-corrected chi connectivity index (χ4v) is 4.03. The van der Waals surface area contributed by atoms with Crippen molar-refractivity contribution in [3.05, 3.63) is 52.5 Å². The maximum Gasteiger partial charge on any atom is 0.416 e. The van der Waals surface area contributed by atoms with E-state index in [-0.39, 0.29) is 5.82 Å². The van der Waals surface area contributed by atoms with E-state index in [1.54, 1.807) is 23.2 Å². The number of carbonyl (C=O) groups is 1. The summed E-state index contributed by atoms with van der Waals surface area (Å²) in [5.41, 5.74) is 7.25. The minimum Gasteiger partial charge on any atom is -0.290 e. The number of amides is 2. The Hall–Kier alpha value is -3.67. The molecule has 8 nitrogen and oxygen atoms in total. The zero-order valence-corrected chi connectivity index (χ0v) is 18.0. The number of anilines is 2. The van der Waals surface area contributed by atoms with Crippen LogP contribution >= 0.6 is 11.3 Å². The SMILES string of the molecule is Cc1cc(NNC(=O)Nc2csc(-c3cccc(C(F)(F)F)c3)n2)nc2c1c(C)nn2C. The number of alkyl halides is 3. The molecule has 0 aliphatic carbocycles. The van der Waals surface area contributed by atoms with Crippen molar-refractivity contribution in [3.63, 3.8) is 0 Å². The van der Waals surface area contributed by atoms with E-state index in [1.165, 1.54) is 12.1 Å². The van der Waals surface area contributed by atoms with Crippen LogP contribution in [0.2, 0.25) is 0 Å². The van der Waals surface area contributed by atoms with Gasteiger partial charge in [0.2, 0.25) is 0 Å². The summed E-state index contributed by atoms with van der Waals surface area (Å²) in [6, 6.07) is 6.05. The monoisotopic (exact) mass is 461 g/mol. The van der Waals surface area contributed by atoms with Crippen molar-refractivity contribution in [1.82, 2.24) is 25.2 Å². The molecule has 0 bridgehead atoms. The van der Waals surface area contributed by atoms with Gasteiger partial charge in [0, 0.05) is 23.4 Å². The van der Waals surface area contributed by atoms with Crippen molar-refractivity contribution < 1.29 is 18.0 Å². The predicted octanol–water partition coefficient (Wildman–Crippen LogP) is 4.88. The summed E-state index contributed by atoms with van der Waals surface area (Å²) in [6.45, 7) is 3.83. The van der Waals surface area contributed by atoms with Gasteiger partial charge in [0.05, 0.1) is 11.3 Å². The Bertz CT molecular complexity index is 1310. The molecule has 0 atom stereocenters. The van der Waals surface area contributed by atoms with E-state index in [0.29, 0.717) is 22.0 Å². The Kier molecular flexibility index (Phi) is 5.46. The Morgan fingerprint density at radius 1 is 1.12 bits per heavy atom. The van der Waals surface area contributed by atoms with Gasteiger partial charge in [-0.05, 0) is 37.6 Å². The fourth-order valence-electron chi connectivity index (χ4n) is 3.28. The molecule has 166 valence electrons. The summed E-state index contributed by atoms with van der Waals surface area (Å²) in [5, 5.41) is 9.73. The van der Waals surface area contributed by atoms with Gasteiger partial charge in [0.1, 0.15) is 16.6 Å². The third kappa shape index (κ3) is 4.35. The van der Waals surface area contributed by atoms with E-state index < -0.39 is 17.8 Å². The van der Waals surface area contributed by atoms with Gasteiger partial charge in [-0.15, -0.1) is 11.3 Å². The summed E-state index contributed by atoms with van der Waals surface area (Å²) in [6.07, 6.45) is -4.44. The van der Waals surface area contributed by atoms with Gasteiger partial charge in [-0.25, -0.2) is 20.2 Å². The molecular formula is C20H18F3N7OS. The molecule has 1 aromatic carbocycles. The number of benzene rings is 1. The molecule has 0 unspecified atom stereocenters. The smallest absolute Gasteiger partial charge is 0.290 e. The summed E-state index contributed by atoms with van der Waals surface area (Å²) in [4.78, 5) is 20.9. The first-order valence-electron chi connectivity index (χ1n) is 9.39. The van der Waals surface area contributed by atoms with Crippen LogP contribution in [-0.2, 0) is 13.2 Å². The number of aromatic nitrogens is 4. The van der Waals surface area contributed by atoms with E-state index in [2.05, 4.69) is 31.2 Å². The normalized spacial score (nSPS) is 11.6. The maximum absolute atomic E-state index is 12.9. The summed E-state index contributed by atoms with van der Waals surface area (Å²) < 4.78 is 40.4. The number of nitrogens with zero attached hydrogens (tertiary/aromatic N) is 4. The molecule has 32 heavy (non-hydrogen) atoms. The van der Waals surface area contributed by atoms with Gasteiger partial charge in [-0.1, -0.05) is 12.1 Å². The predicted molar refractivity (Wildman–Crippen MR) is 116 cm³/mol. The van der Waals surface area contributed by atoms with Crippen LogP contribution in [-0.4, -0.2) is 25.8 Å². The average molecular weight is 461 g/mol. The molecule has 3 N–H and O–H groups in total. The minimum atomic E-state index is -4.44. The first-order chi connectivity index (χ1) is 15.1. The van der Waals surface area contributed by atoms with E-state index in [1.807, 2.05) is 13.8 Å². The van der Waals surface area contributed by atoms with Crippen molar-refractivity contribution >= 4 is 40.0 Å². The number of fused-ring (bicyclic) bond motifs is 1. The van der Waals surface area contributed by atoms with Crippen LogP contribution in [0, 0.1) is 13.8 Å². The highest BCUT2D eigenvalue weighted by Crippen LogP contribution is 2.33. The van der Waals surface area contributed by atoms with Crippen LogP contribution in [0.15, 0.2) is 35.7 Å². The number of urea groups is 1. The standard InChI is InChI=1S/C20H18F3N7OS/c1-10-7-14(24-17-16(10)11(2)29-30(17)3)27-28-19(31)26-15-9-32-18(25-15)12-5-4-6-13(8-12)20(21,22)23/h4-9H,1-3H3,(H,24,27)(H2,26,28,31). The van der Waals surface area contributed by atoms with Crippen LogP contribution in [0.3, 0.4) is 0 Å². The van der Waals surface area contributed by atoms with Crippen molar-refractivity contribution in [1.29, 1.82) is 0 Å². The molecule has 2 amide bonds. The second kappa shape index (κ2) is 8.11. The van der Waals surface area contributed by atoms with Crippen LogP contribution in [0.25, 0.3) is 21.6 Å². The molecule has 0 aliphatic rings. The molecule has 12 heteroatoms. The fraction of sp³-hybridized carbons (Fsp3) is 0.200. The molecule has 4 rings (SSSR count). The first kappa shape index (κ1) is 21.6. The van der Waals surface area contributed by atoms with Gasteiger partial charge >= 0.3 is 12.2 Å². The second-order valence-corrected chi connectivity index (χ2v) is 7.91. The van der Waals surface area contributed by atoms with Gasteiger partial charge in [0.25, 0.3) is 0 Å². The highest BCUT2D eigenvalue weighted by molar-refractivity contribution is 7.13. The lowest BCUT2D eigenvalue weighted by Crippen LogP contribution is -2.34. The largest absolute Gasteiger partial charge is 0.416 e. The summed E-state index contributed by atoms with van der Waals surface area (Å²) in [5.74, 6) is 0.639. The Morgan fingerprint density at radius 2 is 1.91 bits per heavy atom. The quantitative estimate of drug-likeness (QED) is 0.377. The molecule has 0 spiro atoms. The Morgan fingerprint density at radius 3 is 2.66 bits per heavy atom. The summed E-state index contributed by atoms with van der Waals surface area (Å²) in [7, 11) is 1.79. The lowest BCUT2D eigenvalue weighted by molar-refractivity contribution is -0.137. The van der Waals surface area contributed by atoms with Gasteiger partial charge in [-0.2, -0.15) is 18.3 Å². The summed E-state index contributed by atoms with van der Waals surface area (Å²) >= 11 is 1.12. The number of nitrogens with one attached hydrogen (secondary N) is 3. The van der Waals surface area contributed by atoms with E-state index in [0.717, 1.165) is 40.1 Å². The molecule has 0 radical (unpaired) electrons. The van der Waals surface area contributed by atoms with Gasteiger partial charge < -0.3 is 0 Å². The lowest BCUT2D eigenvalue weighted by atomic mass is 10.1. The van der Waals surface area contributed by atoms with Crippen molar-refractivity contribution in [2.75, 3.05) is 10.7 Å². The molecule has 3 aromatic heterocycles. The van der Waals surface area contributed by atoms with Gasteiger partial charge in [0.15, 0.2) is 5.65 Å². The number of pyridine rings is 1. The molecule has 0 fully saturated rings. The molecule has 0 saturated heterocycles. The van der Waals surface area contributed by atoms with Crippen molar-refractivity contribution in [3.8, 4) is 10.6 Å². The molecule has 0 aliphatic heterocycles. The zero-order valence-electron chi connectivity index (χ0n) is 17.2. The maximum atomic E-state index is 12.9. The number of hydrogen-bond acceptors (Lipinski definition) is 6. The third-order valence-corrected chi connectivity index (χ3v) is 5.54. The number of carbonyl (C=O) groups excluding carboxylic acids is 1. The average Bonchev–Trinajstić information content (AvgIpc) is 3.30. The number of halogens is 3. The van der Waals surface area contributed by atoms with Crippen molar-refractivity contribution in [2.24, 2.45) is 7.05 Å². The number of hydrazine groups is 1. The number of aryl methyl sites for hydroxylation is 3. The Balaban J connectivity index is 1.42. The third-order valence-electron chi connectivity index (χ3n) is 4.65. The molecule has 4 aromatic rings. The van der Waals surface area contributed by atoms with Crippen LogP contribution in [0.4, 0.5) is 29.6 Å². The molecule has 3 heterocycles. The number of thiazole rings is 1. The van der Waals surface area contributed by atoms with Crippen LogP contribution in [0.1, 0.15) is 16.8 Å². The highest BCUT2D eigenvalue weighted by Gasteiger charge is 2.30. The Labute approximate surface area is 184 Å². The first-order valence-corrected chi connectivity index (χ1v) is 10.3. The minimum absolute atomic E-state index is 0.212. The molecular weight excluding hydrogens is 443 g/mol. The van der Waals surface area contributed by atoms with E-state index in [9.17, 15) is 18.0 Å². The molecule has 0 saturated carbocycles. The topological polar surface area (TPSA) is 96.8 Å². The van der Waals surface area contributed by atoms with Crippen molar-refractivity contribution in [2.45, 2.75) is 20.0 Å².